The summed E-state index contributed by atoms with van der Waals surface area (Å²) in [5.74, 6) is 0.190. The molecule has 0 bridgehead atoms. The van der Waals surface area contributed by atoms with Crippen molar-refractivity contribution in [3.05, 3.63) is 46.0 Å². The van der Waals surface area contributed by atoms with Gasteiger partial charge in [-0.15, -0.1) is 11.3 Å². The number of likely N-dealkylation sites (N-methyl/N-ethyl adjacent to an activating group) is 1. The summed E-state index contributed by atoms with van der Waals surface area (Å²) in [5, 5.41) is 4.56. The van der Waals surface area contributed by atoms with E-state index in [2.05, 4.69) is 5.32 Å². The molecule has 0 spiro atoms. The quantitative estimate of drug-likeness (QED) is 0.827. The lowest BCUT2D eigenvalue weighted by molar-refractivity contribution is -0.138. The summed E-state index contributed by atoms with van der Waals surface area (Å²) >= 11 is 1.55. The Hall–Kier alpha value is -2.61. The molecule has 1 saturated heterocycles. The second kappa shape index (κ2) is 6.36. The van der Waals surface area contributed by atoms with Crippen LogP contribution in [0.3, 0.4) is 0 Å². The molecule has 3 rings (SSSR count). The van der Waals surface area contributed by atoms with Crippen molar-refractivity contribution in [2.45, 2.75) is 25.9 Å². The summed E-state index contributed by atoms with van der Waals surface area (Å²) in [5.41, 5.74) is -1.29. The van der Waals surface area contributed by atoms with E-state index >= 15 is 0 Å². The second-order valence-electron chi connectivity index (χ2n) is 6.19. The fourth-order valence-corrected chi connectivity index (χ4v) is 3.45. The predicted molar refractivity (Wildman–Crippen MR) is 91.8 cm³/mol. The van der Waals surface area contributed by atoms with Gasteiger partial charge < -0.3 is 14.6 Å². The van der Waals surface area contributed by atoms with Gasteiger partial charge >= 0.3 is 6.03 Å². The van der Waals surface area contributed by atoms with Crippen LogP contribution in [0, 0.1) is 6.92 Å². The molecule has 25 heavy (non-hydrogen) atoms. The van der Waals surface area contributed by atoms with E-state index in [1.165, 1.54) is 4.90 Å². The lowest BCUT2D eigenvalue weighted by atomic mass is 9.99. The van der Waals surface area contributed by atoms with Crippen molar-refractivity contribution in [1.29, 1.82) is 0 Å². The molecule has 8 heteroatoms. The Labute approximate surface area is 149 Å². The van der Waals surface area contributed by atoms with Gasteiger partial charge in [0.1, 0.15) is 18.1 Å². The zero-order chi connectivity index (χ0) is 18.2. The van der Waals surface area contributed by atoms with Crippen LogP contribution < -0.4 is 5.32 Å². The molecule has 3 heterocycles. The number of carbonyl (C=O) groups excluding carboxylic acids is 3. The summed E-state index contributed by atoms with van der Waals surface area (Å²) in [7, 11) is 1.65. The Morgan fingerprint density at radius 2 is 2.12 bits per heavy atom. The lowest BCUT2D eigenvalue weighted by Gasteiger charge is -2.21. The fourth-order valence-electron chi connectivity index (χ4n) is 2.69. The van der Waals surface area contributed by atoms with Gasteiger partial charge in [-0.1, -0.05) is 6.07 Å². The van der Waals surface area contributed by atoms with Crippen LogP contribution in [0.1, 0.15) is 23.3 Å². The molecule has 2 aromatic heterocycles. The van der Waals surface area contributed by atoms with Crippen LogP contribution in [0.25, 0.3) is 0 Å². The number of imide groups is 1. The van der Waals surface area contributed by atoms with Gasteiger partial charge in [0.2, 0.25) is 5.91 Å². The van der Waals surface area contributed by atoms with Crippen LogP contribution in [0.2, 0.25) is 0 Å². The number of aryl methyl sites for hydroxylation is 1. The zero-order valence-corrected chi connectivity index (χ0v) is 15.1. The third-order valence-electron chi connectivity index (χ3n) is 4.20. The minimum atomic E-state index is -1.29. The lowest BCUT2D eigenvalue weighted by Crippen LogP contribution is -2.43. The maximum Gasteiger partial charge on any atom is 0.325 e. The van der Waals surface area contributed by atoms with Crippen molar-refractivity contribution in [1.82, 2.24) is 15.1 Å². The second-order valence-corrected chi connectivity index (χ2v) is 7.22. The van der Waals surface area contributed by atoms with Gasteiger partial charge in [0.25, 0.3) is 5.91 Å². The Kier molecular flexibility index (Phi) is 4.38. The smallest absolute Gasteiger partial charge is 0.325 e. The Morgan fingerprint density at radius 1 is 1.36 bits per heavy atom. The van der Waals surface area contributed by atoms with Crippen LogP contribution in [0.4, 0.5) is 4.79 Å². The molecule has 0 saturated carbocycles. The molecule has 0 radical (unpaired) electrons. The first kappa shape index (κ1) is 17.2. The Morgan fingerprint density at radius 3 is 2.72 bits per heavy atom. The van der Waals surface area contributed by atoms with Crippen molar-refractivity contribution in [3.63, 3.8) is 0 Å². The number of hydrogen-bond donors (Lipinski definition) is 1. The molecular formula is C17H19N3O4S. The van der Waals surface area contributed by atoms with Crippen molar-refractivity contribution >= 4 is 29.2 Å². The molecule has 1 aliphatic rings. The minimum absolute atomic E-state index is 0.304. The number of hydrogen-bond acceptors (Lipinski definition) is 5. The van der Waals surface area contributed by atoms with E-state index < -0.39 is 17.5 Å². The van der Waals surface area contributed by atoms with Crippen LogP contribution in [0.5, 0.6) is 0 Å². The highest BCUT2D eigenvalue weighted by Crippen LogP contribution is 2.30. The van der Waals surface area contributed by atoms with Gasteiger partial charge in [-0.25, -0.2) is 4.79 Å². The highest BCUT2D eigenvalue weighted by atomic mass is 32.1. The molecule has 0 aromatic carbocycles. The third kappa shape index (κ3) is 3.17. The number of furan rings is 1. The van der Waals surface area contributed by atoms with Crippen molar-refractivity contribution in [2.24, 2.45) is 0 Å². The number of thiophene rings is 1. The number of carbonyl (C=O) groups is 3. The normalized spacial score (nSPS) is 20.0. The molecular weight excluding hydrogens is 342 g/mol. The Balaban J connectivity index is 1.71. The van der Waals surface area contributed by atoms with Crippen molar-refractivity contribution in [3.8, 4) is 0 Å². The van der Waals surface area contributed by atoms with Crippen LogP contribution in [-0.4, -0.2) is 41.2 Å². The van der Waals surface area contributed by atoms with Crippen molar-refractivity contribution in [2.75, 3.05) is 13.6 Å². The highest BCUT2D eigenvalue weighted by molar-refractivity contribution is 7.09. The van der Waals surface area contributed by atoms with E-state index in [9.17, 15) is 14.4 Å². The number of urea groups is 1. The minimum Gasteiger partial charge on any atom is -0.463 e. The molecule has 4 amide bonds. The van der Waals surface area contributed by atoms with Crippen LogP contribution >= 0.6 is 11.3 Å². The van der Waals surface area contributed by atoms with E-state index in [0.717, 1.165) is 9.78 Å². The van der Waals surface area contributed by atoms with Crippen LogP contribution in [0.15, 0.2) is 34.1 Å². The highest BCUT2D eigenvalue weighted by Gasteiger charge is 2.51. The predicted octanol–water partition coefficient (Wildman–Crippen LogP) is 2.08. The van der Waals surface area contributed by atoms with Gasteiger partial charge in [-0.05, 0) is 37.4 Å². The first-order valence-electron chi connectivity index (χ1n) is 7.78. The average molecular weight is 361 g/mol. The topological polar surface area (TPSA) is 82.9 Å². The molecule has 7 nitrogen and oxygen atoms in total. The van der Waals surface area contributed by atoms with Crippen LogP contribution in [-0.2, 0) is 21.7 Å². The maximum absolute atomic E-state index is 12.7. The van der Waals surface area contributed by atoms with Gasteiger partial charge in [-0.2, -0.15) is 0 Å². The monoisotopic (exact) mass is 361 g/mol. The van der Waals surface area contributed by atoms with E-state index in [1.54, 1.807) is 44.4 Å². The average Bonchev–Trinajstić information content (AvgIpc) is 3.26. The standard InChI is InChI=1S/C17H19N3O4S/c1-11-6-7-13(24-11)17(2)15(22)20(16(23)18-17)10-14(21)19(3)9-12-5-4-8-25-12/h4-8H,9-10H2,1-3H3,(H,18,23). The van der Waals surface area contributed by atoms with Gasteiger partial charge in [0, 0.05) is 11.9 Å². The summed E-state index contributed by atoms with van der Waals surface area (Å²) in [6, 6.07) is 6.62. The zero-order valence-electron chi connectivity index (χ0n) is 14.2. The number of nitrogens with zero attached hydrogens (tertiary/aromatic N) is 2. The first-order valence-corrected chi connectivity index (χ1v) is 8.66. The summed E-state index contributed by atoms with van der Waals surface area (Å²) in [4.78, 5) is 40.8. The molecule has 1 N–H and O–H groups in total. The molecule has 2 aromatic rings. The van der Waals surface area contributed by atoms with Crippen molar-refractivity contribution < 1.29 is 18.8 Å². The summed E-state index contributed by atoms with van der Waals surface area (Å²) in [6.45, 7) is 3.47. The van der Waals surface area contributed by atoms with E-state index in [-0.39, 0.29) is 12.5 Å². The number of amides is 4. The van der Waals surface area contributed by atoms with E-state index in [0.29, 0.717) is 18.1 Å². The van der Waals surface area contributed by atoms with E-state index in [4.69, 9.17) is 4.42 Å². The summed E-state index contributed by atoms with van der Waals surface area (Å²) < 4.78 is 5.50. The fraction of sp³-hybridized carbons (Fsp3) is 0.353. The number of rotatable bonds is 5. The van der Waals surface area contributed by atoms with Gasteiger partial charge in [-0.3, -0.25) is 14.5 Å². The van der Waals surface area contributed by atoms with Gasteiger partial charge in [0.05, 0.1) is 6.54 Å². The third-order valence-corrected chi connectivity index (χ3v) is 5.06. The SMILES string of the molecule is Cc1ccc(C2(C)NC(=O)N(CC(=O)N(C)Cc3cccs3)C2=O)o1. The molecule has 1 atom stereocenters. The molecule has 1 unspecified atom stereocenters. The maximum atomic E-state index is 12.7. The first-order chi connectivity index (χ1) is 11.8. The van der Waals surface area contributed by atoms with Gasteiger partial charge in [0.15, 0.2) is 5.54 Å². The molecule has 1 fully saturated rings. The Bertz CT molecular complexity index is 814. The largest absolute Gasteiger partial charge is 0.463 e. The van der Waals surface area contributed by atoms with E-state index in [1.807, 2.05) is 17.5 Å². The molecule has 1 aliphatic heterocycles. The molecule has 0 aliphatic carbocycles. The number of nitrogens with one attached hydrogen (secondary N) is 1. The molecule has 132 valence electrons. The summed E-state index contributed by atoms with van der Waals surface area (Å²) in [6.07, 6.45) is 0.